The average molecular weight is 444 g/mol. The van der Waals surface area contributed by atoms with Gasteiger partial charge >= 0.3 is 0 Å². The molecule has 2 aromatic rings. The van der Waals surface area contributed by atoms with E-state index < -0.39 is 18.0 Å². The number of aliphatic hydroxyl groups is 1. The zero-order valence-corrected chi connectivity index (χ0v) is 18.9. The van der Waals surface area contributed by atoms with Gasteiger partial charge in [0.05, 0.1) is 19.2 Å². The summed E-state index contributed by atoms with van der Waals surface area (Å²) in [7, 11) is 1.72. The topological polar surface area (TPSA) is 83.0 Å². The van der Waals surface area contributed by atoms with E-state index in [0.29, 0.717) is 30.6 Å². The van der Waals surface area contributed by atoms with Gasteiger partial charge in [-0.1, -0.05) is 32.0 Å². The highest BCUT2D eigenvalue weighted by molar-refractivity contribution is 5.98. The number of nitrogens with zero attached hydrogens (tertiary/aromatic N) is 3. The SMILES string of the molecule is CCC(=O)N(C)C[C@@H]1Oc2ncc(-c3ccccc3F)cc2C(=O)N([C@@H](C)CO)C[C@@H]1C. The Hall–Kier alpha value is -3.00. The summed E-state index contributed by atoms with van der Waals surface area (Å²) in [5, 5.41) is 9.74. The lowest BCUT2D eigenvalue weighted by Gasteiger charge is -2.37. The van der Waals surface area contributed by atoms with Gasteiger partial charge in [-0.15, -0.1) is 0 Å². The van der Waals surface area contributed by atoms with Gasteiger partial charge in [-0.2, -0.15) is 0 Å². The molecule has 0 aliphatic carbocycles. The maximum Gasteiger partial charge on any atom is 0.259 e. The van der Waals surface area contributed by atoms with Crippen LogP contribution in [0.3, 0.4) is 0 Å². The Morgan fingerprint density at radius 3 is 2.75 bits per heavy atom. The molecule has 0 saturated heterocycles. The van der Waals surface area contributed by atoms with Gasteiger partial charge in [0, 0.05) is 43.3 Å². The highest BCUT2D eigenvalue weighted by Gasteiger charge is 2.34. The first-order chi connectivity index (χ1) is 15.3. The summed E-state index contributed by atoms with van der Waals surface area (Å²) in [6.07, 6.45) is 1.45. The second kappa shape index (κ2) is 10.1. The van der Waals surface area contributed by atoms with E-state index in [4.69, 9.17) is 4.74 Å². The summed E-state index contributed by atoms with van der Waals surface area (Å²) in [5.41, 5.74) is 0.990. The van der Waals surface area contributed by atoms with Crippen LogP contribution in [0.15, 0.2) is 36.5 Å². The molecule has 2 amide bonds. The summed E-state index contributed by atoms with van der Waals surface area (Å²) in [4.78, 5) is 33.1. The monoisotopic (exact) mass is 443 g/mol. The Morgan fingerprint density at radius 2 is 2.09 bits per heavy atom. The number of aromatic nitrogens is 1. The van der Waals surface area contributed by atoms with Gasteiger partial charge in [0.15, 0.2) is 0 Å². The standard InChI is InChI=1S/C24H30FN3O4/c1-5-22(30)27(4)13-21-15(2)12-28(16(3)14-29)24(31)19-10-17(11-26-23(19)32-21)18-8-6-7-9-20(18)25/h6-11,15-16,21,29H,5,12-14H2,1-4H3/t15-,16-,21-/m0/s1. The Balaban J connectivity index is 2.05. The van der Waals surface area contributed by atoms with Crippen molar-refractivity contribution in [1.82, 2.24) is 14.8 Å². The third kappa shape index (κ3) is 4.91. The zero-order chi connectivity index (χ0) is 23.4. The molecule has 1 aromatic heterocycles. The molecule has 32 heavy (non-hydrogen) atoms. The number of fused-ring (bicyclic) bond motifs is 1. The largest absolute Gasteiger partial charge is 0.472 e. The fourth-order valence-corrected chi connectivity index (χ4v) is 3.80. The van der Waals surface area contributed by atoms with Crippen molar-refractivity contribution in [2.75, 3.05) is 26.7 Å². The van der Waals surface area contributed by atoms with Crippen molar-refractivity contribution in [2.45, 2.75) is 39.3 Å². The van der Waals surface area contributed by atoms with E-state index in [2.05, 4.69) is 4.98 Å². The fraction of sp³-hybridized carbons (Fsp3) is 0.458. The van der Waals surface area contributed by atoms with E-state index in [0.717, 1.165) is 0 Å². The van der Waals surface area contributed by atoms with Crippen LogP contribution in [0.5, 0.6) is 5.88 Å². The number of rotatable bonds is 6. The minimum atomic E-state index is -0.427. The summed E-state index contributed by atoms with van der Waals surface area (Å²) >= 11 is 0. The maximum atomic E-state index is 14.4. The molecule has 0 unspecified atom stereocenters. The van der Waals surface area contributed by atoms with Crippen molar-refractivity contribution in [3.63, 3.8) is 0 Å². The highest BCUT2D eigenvalue weighted by atomic mass is 19.1. The van der Waals surface area contributed by atoms with Crippen LogP contribution in [0.25, 0.3) is 11.1 Å². The lowest BCUT2D eigenvalue weighted by Crippen LogP contribution is -2.50. The van der Waals surface area contributed by atoms with Crippen LogP contribution in [-0.4, -0.2) is 70.6 Å². The van der Waals surface area contributed by atoms with Crippen molar-refractivity contribution in [1.29, 1.82) is 0 Å². The van der Waals surface area contributed by atoms with Crippen molar-refractivity contribution in [3.8, 4) is 17.0 Å². The fourth-order valence-electron chi connectivity index (χ4n) is 3.80. The lowest BCUT2D eigenvalue weighted by molar-refractivity contribution is -0.131. The second-order valence-corrected chi connectivity index (χ2v) is 8.31. The number of amides is 2. The Morgan fingerprint density at radius 1 is 1.38 bits per heavy atom. The normalized spacial score (nSPS) is 19.4. The zero-order valence-electron chi connectivity index (χ0n) is 18.9. The van der Waals surface area contributed by atoms with Gasteiger partial charge in [0.1, 0.15) is 17.5 Å². The second-order valence-electron chi connectivity index (χ2n) is 8.31. The molecule has 3 atom stereocenters. The van der Waals surface area contributed by atoms with Crippen LogP contribution in [0.1, 0.15) is 37.6 Å². The number of carbonyl (C=O) groups is 2. The molecule has 3 rings (SSSR count). The van der Waals surface area contributed by atoms with Gasteiger partial charge in [0.2, 0.25) is 11.8 Å². The molecule has 1 aliphatic rings. The van der Waals surface area contributed by atoms with Crippen LogP contribution in [0, 0.1) is 11.7 Å². The third-order valence-corrected chi connectivity index (χ3v) is 5.89. The summed E-state index contributed by atoms with van der Waals surface area (Å²) in [5.74, 6) is -0.751. The number of hydrogen-bond acceptors (Lipinski definition) is 5. The van der Waals surface area contributed by atoms with Gasteiger partial charge in [-0.05, 0) is 19.1 Å². The summed E-state index contributed by atoms with van der Waals surface area (Å²) in [6.45, 7) is 5.97. The Bertz CT molecular complexity index is 983. The first kappa shape index (κ1) is 23.7. The first-order valence-corrected chi connectivity index (χ1v) is 10.8. The molecular weight excluding hydrogens is 413 g/mol. The number of ether oxygens (including phenoxy) is 1. The van der Waals surface area contributed by atoms with Crippen LogP contribution in [0.2, 0.25) is 0 Å². The van der Waals surface area contributed by atoms with E-state index in [1.807, 2.05) is 6.92 Å². The quantitative estimate of drug-likeness (QED) is 0.742. The molecule has 2 heterocycles. The molecular formula is C24H30FN3O4. The predicted molar refractivity (Wildman–Crippen MR) is 119 cm³/mol. The number of likely N-dealkylation sites (N-methyl/N-ethyl adjacent to an activating group) is 1. The molecule has 0 radical (unpaired) electrons. The van der Waals surface area contributed by atoms with E-state index in [9.17, 15) is 19.1 Å². The van der Waals surface area contributed by atoms with Gasteiger partial charge < -0.3 is 19.6 Å². The molecule has 0 spiro atoms. The number of halogens is 1. The Kier molecular flexibility index (Phi) is 7.45. The molecule has 0 fully saturated rings. The predicted octanol–water partition coefficient (Wildman–Crippen LogP) is 2.98. The van der Waals surface area contributed by atoms with Crippen molar-refractivity contribution in [2.24, 2.45) is 5.92 Å². The average Bonchev–Trinajstić information content (AvgIpc) is 2.80. The van der Waals surface area contributed by atoms with Crippen molar-refractivity contribution >= 4 is 11.8 Å². The lowest BCUT2D eigenvalue weighted by atomic mass is 9.99. The number of hydrogen-bond donors (Lipinski definition) is 1. The molecule has 1 aliphatic heterocycles. The number of aliphatic hydroxyl groups excluding tert-OH is 1. The van der Waals surface area contributed by atoms with E-state index >= 15 is 0 Å². The Labute approximate surface area is 187 Å². The molecule has 0 saturated carbocycles. The molecule has 7 nitrogen and oxygen atoms in total. The molecule has 172 valence electrons. The number of benzene rings is 1. The highest BCUT2D eigenvalue weighted by Crippen LogP contribution is 2.31. The summed E-state index contributed by atoms with van der Waals surface area (Å²) in [6, 6.07) is 7.43. The van der Waals surface area contributed by atoms with Gasteiger partial charge in [-0.25, -0.2) is 9.37 Å². The molecule has 1 aromatic carbocycles. The molecule has 0 bridgehead atoms. The third-order valence-electron chi connectivity index (χ3n) is 5.89. The van der Waals surface area contributed by atoms with Gasteiger partial charge in [-0.3, -0.25) is 9.59 Å². The van der Waals surface area contributed by atoms with Crippen LogP contribution in [-0.2, 0) is 4.79 Å². The van der Waals surface area contributed by atoms with Crippen molar-refractivity contribution < 1.29 is 23.8 Å². The van der Waals surface area contributed by atoms with E-state index in [-0.39, 0.29) is 35.8 Å². The maximum absolute atomic E-state index is 14.4. The van der Waals surface area contributed by atoms with Gasteiger partial charge in [0.25, 0.3) is 5.91 Å². The molecule has 1 N–H and O–H groups in total. The van der Waals surface area contributed by atoms with Crippen LogP contribution >= 0.6 is 0 Å². The summed E-state index contributed by atoms with van der Waals surface area (Å²) < 4.78 is 20.5. The van der Waals surface area contributed by atoms with Crippen LogP contribution in [0.4, 0.5) is 4.39 Å². The smallest absolute Gasteiger partial charge is 0.259 e. The van der Waals surface area contributed by atoms with E-state index in [1.165, 1.54) is 12.3 Å². The van der Waals surface area contributed by atoms with Crippen molar-refractivity contribution in [3.05, 3.63) is 47.9 Å². The first-order valence-electron chi connectivity index (χ1n) is 10.8. The molecule has 8 heteroatoms. The number of carbonyl (C=O) groups excluding carboxylic acids is 2. The minimum absolute atomic E-state index is 0.0115. The van der Waals surface area contributed by atoms with Crippen LogP contribution < -0.4 is 4.74 Å². The minimum Gasteiger partial charge on any atom is -0.472 e. The number of pyridine rings is 1. The van der Waals surface area contributed by atoms with E-state index in [1.54, 1.807) is 55.0 Å².